The molecule has 0 fully saturated rings. The number of hydrogen-bond donors (Lipinski definition) is 0. The standard InChI is InChI=1S/C12H16.C2H6/c1-4-7-11-9-6-8-10(3)12(11)5-2;1-2/h4,6-9H,5H2,1-3H3;1-2H3/b7-4-;. The molecule has 0 saturated carbocycles. The Balaban J connectivity index is 0.000000791. The van der Waals surface area contributed by atoms with E-state index in [1.165, 1.54) is 16.7 Å². The van der Waals surface area contributed by atoms with E-state index in [1.54, 1.807) is 0 Å². The fourth-order valence-electron chi connectivity index (χ4n) is 1.54. The monoisotopic (exact) mass is 190 g/mol. The molecule has 1 rings (SSSR count). The van der Waals surface area contributed by atoms with Crippen molar-refractivity contribution in [2.45, 2.75) is 41.0 Å². The van der Waals surface area contributed by atoms with Gasteiger partial charge in [0.2, 0.25) is 0 Å². The summed E-state index contributed by atoms with van der Waals surface area (Å²) < 4.78 is 0. The van der Waals surface area contributed by atoms with Crippen molar-refractivity contribution in [2.75, 3.05) is 0 Å². The second-order valence-corrected chi connectivity index (χ2v) is 3.00. The minimum atomic E-state index is 1.12. The molecule has 0 amide bonds. The van der Waals surface area contributed by atoms with Crippen molar-refractivity contribution in [2.24, 2.45) is 0 Å². The molecule has 0 atom stereocenters. The molecule has 0 heteroatoms. The summed E-state index contributed by atoms with van der Waals surface area (Å²) in [5, 5.41) is 0. The molecule has 0 nitrogen and oxygen atoms in total. The molecular weight excluding hydrogens is 168 g/mol. The summed E-state index contributed by atoms with van der Waals surface area (Å²) in [5.41, 5.74) is 4.23. The van der Waals surface area contributed by atoms with Gasteiger partial charge in [0.15, 0.2) is 0 Å². The van der Waals surface area contributed by atoms with Gasteiger partial charge in [0, 0.05) is 0 Å². The topological polar surface area (TPSA) is 0 Å². The van der Waals surface area contributed by atoms with Crippen LogP contribution in [0.2, 0.25) is 0 Å². The van der Waals surface area contributed by atoms with Crippen LogP contribution in [0.1, 0.15) is 44.4 Å². The summed E-state index contributed by atoms with van der Waals surface area (Å²) in [6.45, 7) is 10.4. The number of hydrogen-bond acceptors (Lipinski definition) is 0. The summed E-state index contributed by atoms with van der Waals surface area (Å²) >= 11 is 0. The fraction of sp³-hybridized carbons (Fsp3) is 0.429. The van der Waals surface area contributed by atoms with E-state index in [1.807, 2.05) is 13.8 Å². The molecule has 0 radical (unpaired) electrons. The van der Waals surface area contributed by atoms with Gasteiger partial charge in [-0.3, -0.25) is 0 Å². The summed E-state index contributed by atoms with van der Waals surface area (Å²) in [7, 11) is 0. The number of allylic oxidation sites excluding steroid dienone is 1. The lowest BCUT2D eigenvalue weighted by atomic mass is 9.99. The van der Waals surface area contributed by atoms with Crippen LogP contribution in [0.4, 0.5) is 0 Å². The summed E-state index contributed by atoms with van der Waals surface area (Å²) in [5.74, 6) is 0. The Morgan fingerprint density at radius 2 is 1.86 bits per heavy atom. The van der Waals surface area contributed by atoms with E-state index in [0.29, 0.717) is 0 Å². The average Bonchev–Trinajstić information content (AvgIpc) is 2.22. The molecular formula is C14H22. The quantitative estimate of drug-likeness (QED) is 0.638. The SMILES string of the molecule is C/C=C\c1cccc(C)c1CC.CC. The molecule has 0 saturated heterocycles. The Morgan fingerprint density at radius 1 is 1.21 bits per heavy atom. The van der Waals surface area contributed by atoms with Crippen LogP contribution in [0.25, 0.3) is 6.08 Å². The highest BCUT2D eigenvalue weighted by atomic mass is 14.0. The van der Waals surface area contributed by atoms with Gasteiger partial charge in [0.05, 0.1) is 0 Å². The average molecular weight is 190 g/mol. The van der Waals surface area contributed by atoms with E-state index < -0.39 is 0 Å². The van der Waals surface area contributed by atoms with Gasteiger partial charge in [-0.15, -0.1) is 0 Å². The lowest BCUT2D eigenvalue weighted by molar-refractivity contribution is 1.10. The molecule has 0 N–H and O–H groups in total. The molecule has 1 aromatic rings. The molecule has 0 aliphatic heterocycles. The molecule has 0 heterocycles. The molecule has 0 aromatic heterocycles. The molecule has 14 heavy (non-hydrogen) atoms. The zero-order valence-electron chi connectivity index (χ0n) is 10.1. The summed E-state index contributed by atoms with van der Waals surface area (Å²) in [6, 6.07) is 6.46. The van der Waals surface area contributed by atoms with Gasteiger partial charge in [-0.25, -0.2) is 0 Å². The van der Waals surface area contributed by atoms with Gasteiger partial charge in [-0.05, 0) is 37.0 Å². The Labute approximate surface area is 88.7 Å². The van der Waals surface area contributed by atoms with Crippen molar-refractivity contribution in [3.63, 3.8) is 0 Å². The molecule has 0 aliphatic carbocycles. The van der Waals surface area contributed by atoms with Crippen LogP contribution in [0.15, 0.2) is 24.3 Å². The van der Waals surface area contributed by atoms with Crippen LogP contribution < -0.4 is 0 Å². The third-order valence-electron chi connectivity index (χ3n) is 2.15. The van der Waals surface area contributed by atoms with Crippen molar-refractivity contribution in [3.05, 3.63) is 41.0 Å². The van der Waals surface area contributed by atoms with Crippen molar-refractivity contribution in [3.8, 4) is 0 Å². The number of benzene rings is 1. The Hall–Kier alpha value is -1.04. The maximum Gasteiger partial charge on any atom is -0.0225 e. The van der Waals surface area contributed by atoms with E-state index in [-0.39, 0.29) is 0 Å². The van der Waals surface area contributed by atoms with Crippen molar-refractivity contribution in [1.29, 1.82) is 0 Å². The third-order valence-corrected chi connectivity index (χ3v) is 2.15. The van der Waals surface area contributed by atoms with Gasteiger partial charge < -0.3 is 0 Å². The van der Waals surface area contributed by atoms with E-state index in [9.17, 15) is 0 Å². The zero-order chi connectivity index (χ0) is 11.0. The van der Waals surface area contributed by atoms with Crippen LogP contribution in [0.5, 0.6) is 0 Å². The van der Waals surface area contributed by atoms with Gasteiger partial charge in [-0.1, -0.05) is 51.1 Å². The second kappa shape index (κ2) is 7.37. The Morgan fingerprint density at radius 3 is 2.36 bits per heavy atom. The van der Waals surface area contributed by atoms with E-state index in [0.717, 1.165) is 6.42 Å². The Bertz CT molecular complexity index is 282. The molecule has 1 aromatic carbocycles. The molecule has 0 unspecified atom stereocenters. The maximum absolute atomic E-state index is 2.20. The highest BCUT2D eigenvalue weighted by molar-refractivity contribution is 5.55. The van der Waals surface area contributed by atoms with E-state index >= 15 is 0 Å². The number of rotatable bonds is 2. The van der Waals surface area contributed by atoms with Gasteiger partial charge in [-0.2, -0.15) is 0 Å². The molecule has 0 aliphatic rings. The Kier molecular flexibility index (Phi) is 6.82. The molecule has 0 bridgehead atoms. The minimum absolute atomic E-state index is 1.12. The van der Waals surface area contributed by atoms with Crippen molar-refractivity contribution < 1.29 is 0 Å². The first kappa shape index (κ1) is 13.0. The van der Waals surface area contributed by atoms with Crippen LogP contribution in [-0.2, 0) is 6.42 Å². The first-order chi connectivity index (χ1) is 6.79. The smallest absolute Gasteiger partial charge is 0.0225 e. The van der Waals surface area contributed by atoms with Crippen LogP contribution in [0.3, 0.4) is 0 Å². The van der Waals surface area contributed by atoms with Crippen LogP contribution in [0, 0.1) is 6.92 Å². The van der Waals surface area contributed by atoms with Crippen molar-refractivity contribution in [1.82, 2.24) is 0 Å². The highest BCUT2D eigenvalue weighted by Crippen LogP contribution is 2.15. The first-order valence-electron chi connectivity index (χ1n) is 5.50. The maximum atomic E-state index is 2.20. The minimum Gasteiger partial charge on any atom is -0.0871 e. The molecule has 78 valence electrons. The number of aryl methyl sites for hydroxylation is 1. The van der Waals surface area contributed by atoms with Crippen molar-refractivity contribution >= 4 is 6.08 Å². The van der Waals surface area contributed by atoms with Gasteiger partial charge in [0.1, 0.15) is 0 Å². The van der Waals surface area contributed by atoms with Crippen LogP contribution in [-0.4, -0.2) is 0 Å². The second-order valence-electron chi connectivity index (χ2n) is 3.00. The van der Waals surface area contributed by atoms with Gasteiger partial charge in [0.25, 0.3) is 0 Å². The fourth-order valence-corrected chi connectivity index (χ4v) is 1.54. The zero-order valence-corrected chi connectivity index (χ0v) is 10.1. The highest BCUT2D eigenvalue weighted by Gasteiger charge is 1.98. The lowest BCUT2D eigenvalue weighted by Gasteiger charge is -2.06. The van der Waals surface area contributed by atoms with Crippen LogP contribution >= 0.6 is 0 Å². The predicted octanol–water partition coefficient (Wildman–Crippen LogP) is 4.62. The largest absolute Gasteiger partial charge is 0.0871 e. The predicted molar refractivity (Wildman–Crippen MR) is 66.6 cm³/mol. The first-order valence-corrected chi connectivity index (χ1v) is 5.50. The summed E-state index contributed by atoms with van der Waals surface area (Å²) in [4.78, 5) is 0. The third kappa shape index (κ3) is 3.37. The molecule has 0 spiro atoms. The van der Waals surface area contributed by atoms with E-state index in [4.69, 9.17) is 0 Å². The lowest BCUT2D eigenvalue weighted by Crippen LogP contribution is -1.89. The van der Waals surface area contributed by atoms with Gasteiger partial charge >= 0.3 is 0 Å². The normalized spacial score (nSPS) is 9.79. The summed E-state index contributed by atoms with van der Waals surface area (Å²) in [6.07, 6.45) is 5.38. The van der Waals surface area contributed by atoms with E-state index in [2.05, 4.69) is 51.1 Å².